The topological polar surface area (TPSA) is 85.1 Å². The fraction of sp³-hybridized carbons (Fsp3) is 0.133. The molecule has 0 saturated carbocycles. The maximum Gasteiger partial charge on any atom is 0.433 e. The summed E-state index contributed by atoms with van der Waals surface area (Å²) in [6.07, 6.45) is -0.0472. The quantitative estimate of drug-likeness (QED) is 0.557. The van der Waals surface area contributed by atoms with Crippen LogP contribution in [0.4, 0.5) is 13.2 Å². The highest BCUT2D eigenvalue weighted by Gasteiger charge is 2.36. The lowest BCUT2D eigenvalue weighted by molar-refractivity contribution is -0.142. The second-order valence-corrected chi connectivity index (χ2v) is 5.92. The predicted octanol–water partition coefficient (Wildman–Crippen LogP) is 2.81. The molecule has 3 heterocycles. The Morgan fingerprint density at radius 2 is 2.23 bits per heavy atom. The number of thiazole rings is 1. The van der Waals surface area contributed by atoms with Gasteiger partial charge in [-0.15, -0.1) is 11.3 Å². The number of rotatable bonds is 4. The van der Waals surface area contributed by atoms with E-state index in [1.807, 2.05) is 0 Å². The van der Waals surface area contributed by atoms with Crippen molar-refractivity contribution in [2.24, 2.45) is 5.10 Å². The summed E-state index contributed by atoms with van der Waals surface area (Å²) in [6.45, 7) is 1.44. The number of aromatic nitrogens is 4. The average molecular weight is 380 g/mol. The van der Waals surface area contributed by atoms with Crippen LogP contribution in [0, 0.1) is 6.92 Å². The molecule has 3 rings (SSSR count). The van der Waals surface area contributed by atoms with Crippen molar-refractivity contribution in [2.75, 3.05) is 0 Å². The number of alkyl halides is 3. The fourth-order valence-electron chi connectivity index (χ4n) is 1.99. The van der Waals surface area contributed by atoms with Gasteiger partial charge in [-0.2, -0.15) is 23.4 Å². The zero-order valence-electron chi connectivity index (χ0n) is 13.2. The number of hydrogen-bond donors (Lipinski definition) is 1. The molecular formula is C15H11F3N6OS. The predicted molar refractivity (Wildman–Crippen MR) is 88.3 cm³/mol. The smallest absolute Gasteiger partial charge is 0.266 e. The van der Waals surface area contributed by atoms with Crippen molar-refractivity contribution < 1.29 is 18.0 Å². The minimum absolute atomic E-state index is 0.0605. The summed E-state index contributed by atoms with van der Waals surface area (Å²) in [7, 11) is 0. The Bertz CT molecular complexity index is 948. The molecule has 3 aromatic heterocycles. The van der Waals surface area contributed by atoms with E-state index in [1.54, 1.807) is 24.5 Å². The van der Waals surface area contributed by atoms with Crippen LogP contribution in [0.5, 0.6) is 0 Å². The molecule has 0 unspecified atom stereocenters. The van der Waals surface area contributed by atoms with Crippen LogP contribution in [0.15, 0.2) is 41.1 Å². The normalized spacial score (nSPS) is 11.8. The highest BCUT2D eigenvalue weighted by atomic mass is 32.1. The van der Waals surface area contributed by atoms with Crippen LogP contribution in [0.2, 0.25) is 0 Å². The van der Waals surface area contributed by atoms with Crippen molar-refractivity contribution in [3.8, 4) is 5.13 Å². The van der Waals surface area contributed by atoms with Crippen LogP contribution in [0.25, 0.3) is 5.13 Å². The number of pyridine rings is 1. The van der Waals surface area contributed by atoms with Crippen LogP contribution in [-0.4, -0.2) is 31.9 Å². The van der Waals surface area contributed by atoms with E-state index in [0.717, 1.165) is 17.4 Å². The third kappa shape index (κ3) is 3.94. The molecule has 0 atom stereocenters. The molecule has 134 valence electrons. The Kier molecular flexibility index (Phi) is 4.80. The van der Waals surface area contributed by atoms with Gasteiger partial charge in [-0.25, -0.2) is 15.1 Å². The van der Waals surface area contributed by atoms with Crippen molar-refractivity contribution in [1.29, 1.82) is 0 Å². The zero-order valence-corrected chi connectivity index (χ0v) is 14.0. The Labute approximate surface area is 149 Å². The van der Waals surface area contributed by atoms with Gasteiger partial charge in [0.15, 0.2) is 5.69 Å². The van der Waals surface area contributed by atoms with Gasteiger partial charge in [0.25, 0.3) is 5.91 Å². The molecule has 0 aliphatic rings. The number of aryl methyl sites for hydroxylation is 1. The molecule has 1 N–H and O–H groups in total. The molecular weight excluding hydrogens is 369 g/mol. The average Bonchev–Trinajstić information content (AvgIpc) is 3.22. The van der Waals surface area contributed by atoms with Crippen LogP contribution >= 0.6 is 11.3 Å². The van der Waals surface area contributed by atoms with Gasteiger partial charge in [0.1, 0.15) is 5.69 Å². The Balaban J connectivity index is 1.76. The van der Waals surface area contributed by atoms with Gasteiger partial charge in [-0.1, -0.05) is 6.07 Å². The van der Waals surface area contributed by atoms with Crippen LogP contribution in [0.1, 0.15) is 27.4 Å². The third-order valence-corrected chi connectivity index (χ3v) is 3.91. The number of hydrogen-bond acceptors (Lipinski definition) is 6. The Hall–Kier alpha value is -3.08. The highest BCUT2D eigenvalue weighted by Crippen LogP contribution is 2.32. The molecule has 0 aliphatic heterocycles. The van der Waals surface area contributed by atoms with Crippen LogP contribution < -0.4 is 5.43 Å². The lowest BCUT2D eigenvalue weighted by Crippen LogP contribution is -2.18. The molecule has 0 bridgehead atoms. The molecule has 26 heavy (non-hydrogen) atoms. The summed E-state index contributed by atoms with van der Waals surface area (Å²) in [4.78, 5) is 19.8. The molecule has 0 saturated heterocycles. The molecule has 3 aromatic rings. The lowest BCUT2D eigenvalue weighted by Gasteiger charge is -2.07. The number of hydrazone groups is 1. The summed E-state index contributed by atoms with van der Waals surface area (Å²) in [5.41, 5.74) is 2.11. The van der Waals surface area contributed by atoms with E-state index in [2.05, 4.69) is 25.6 Å². The number of nitrogens with one attached hydrogen (secondary N) is 1. The van der Waals surface area contributed by atoms with Crippen LogP contribution in [-0.2, 0) is 6.18 Å². The molecule has 0 aromatic carbocycles. The maximum atomic E-state index is 13.1. The Morgan fingerprint density at radius 3 is 2.92 bits per heavy atom. The maximum absolute atomic E-state index is 13.1. The number of carbonyl (C=O) groups is 1. The van der Waals surface area contributed by atoms with E-state index >= 15 is 0 Å². The van der Waals surface area contributed by atoms with Gasteiger partial charge >= 0.3 is 6.18 Å². The van der Waals surface area contributed by atoms with E-state index in [9.17, 15) is 18.0 Å². The van der Waals surface area contributed by atoms with Gasteiger partial charge in [-0.3, -0.25) is 9.78 Å². The molecule has 1 amide bonds. The van der Waals surface area contributed by atoms with Gasteiger partial charge in [-0.05, 0) is 19.1 Å². The summed E-state index contributed by atoms with van der Waals surface area (Å²) in [5.74, 6) is -0.648. The molecule has 7 nitrogen and oxygen atoms in total. The molecule has 0 radical (unpaired) electrons. The second-order valence-electron chi connectivity index (χ2n) is 5.08. The first-order valence-electron chi connectivity index (χ1n) is 7.18. The second kappa shape index (κ2) is 7.04. The number of carbonyl (C=O) groups excluding carboxylic acids is 1. The first kappa shape index (κ1) is 17.7. The van der Waals surface area contributed by atoms with E-state index in [1.165, 1.54) is 18.5 Å². The van der Waals surface area contributed by atoms with E-state index < -0.39 is 17.8 Å². The SMILES string of the molecule is Cc1cc(C(F)(F)F)n(-c2nc(C(=O)N/N=C\c3cccnc3)cs2)n1. The fourth-order valence-corrected chi connectivity index (χ4v) is 2.75. The molecule has 0 aliphatic carbocycles. The van der Waals surface area contributed by atoms with Crippen molar-refractivity contribution in [3.63, 3.8) is 0 Å². The summed E-state index contributed by atoms with van der Waals surface area (Å²) < 4.78 is 39.8. The van der Waals surface area contributed by atoms with Gasteiger partial charge in [0.05, 0.1) is 11.9 Å². The number of amides is 1. The van der Waals surface area contributed by atoms with Crippen molar-refractivity contribution in [3.05, 3.63) is 58.6 Å². The minimum Gasteiger partial charge on any atom is -0.266 e. The van der Waals surface area contributed by atoms with E-state index in [0.29, 0.717) is 10.2 Å². The lowest BCUT2D eigenvalue weighted by atomic mass is 10.3. The van der Waals surface area contributed by atoms with Crippen LogP contribution in [0.3, 0.4) is 0 Å². The van der Waals surface area contributed by atoms with Gasteiger partial charge < -0.3 is 0 Å². The number of halogens is 3. The summed E-state index contributed by atoms with van der Waals surface area (Å²) in [5, 5.41) is 8.83. The monoisotopic (exact) mass is 380 g/mol. The third-order valence-electron chi connectivity index (χ3n) is 3.09. The minimum atomic E-state index is -4.58. The molecule has 0 spiro atoms. The summed E-state index contributed by atoms with van der Waals surface area (Å²) in [6, 6.07) is 4.36. The van der Waals surface area contributed by atoms with Gasteiger partial charge in [0, 0.05) is 23.3 Å². The van der Waals surface area contributed by atoms with E-state index in [-0.39, 0.29) is 16.5 Å². The Morgan fingerprint density at radius 1 is 1.42 bits per heavy atom. The summed E-state index contributed by atoms with van der Waals surface area (Å²) >= 11 is 0.871. The zero-order chi connectivity index (χ0) is 18.7. The number of nitrogens with zero attached hydrogens (tertiary/aromatic N) is 5. The standard InChI is InChI=1S/C15H11F3N6OS/c1-9-5-12(15(16,17)18)24(23-9)14-21-11(8-26-14)13(25)22-20-7-10-3-2-4-19-6-10/h2-8H,1H3,(H,22,25)/b20-7-. The van der Waals surface area contributed by atoms with Crippen molar-refractivity contribution in [1.82, 2.24) is 25.2 Å². The highest BCUT2D eigenvalue weighted by molar-refractivity contribution is 7.12. The van der Waals surface area contributed by atoms with Crippen molar-refractivity contribution >= 4 is 23.5 Å². The first-order chi connectivity index (χ1) is 12.3. The first-order valence-corrected chi connectivity index (χ1v) is 8.06. The molecule has 0 fully saturated rings. The molecule has 11 heteroatoms. The van der Waals surface area contributed by atoms with Crippen molar-refractivity contribution in [2.45, 2.75) is 13.1 Å². The van der Waals surface area contributed by atoms with E-state index in [4.69, 9.17) is 0 Å². The van der Waals surface area contributed by atoms with Gasteiger partial charge in [0.2, 0.25) is 5.13 Å². The largest absolute Gasteiger partial charge is 0.433 e.